The molecular weight excluding hydrogens is 812 g/mol. The van der Waals surface area contributed by atoms with E-state index in [4.69, 9.17) is 21.4 Å². The van der Waals surface area contributed by atoms with Gasteiger partial charge in [-0.15, -0.1) is 11.3 Å². The van der Waals surface area contributed by atoms with Gasteiger partial charge in [0.2, 0.25) is 23.6 Å². The number of carbonyl (C=O) groups excluding carboxylic acids is 5. The van der Waals surface area contributed by atoms with Crippen LogP contribution in [0.2, 0.25) is 5.02 Å². The molecule has 11 nitrogen and oxygen atoms in total. The number of aromatic hydroxyl groups is 1. The van der Waals surface area contributed by atoms with Gasteiger partial charge >= 0.3 is 0 Å². The molecule has 2 aliphatic carbocycles. The Labute approximate surface area is 359 Å². The maximum absolute atomic E-state index is 15.2. The van der Waals surface area contributed by atoms with Crippen molar-refractivity contribution < 1.29 is 33.8 Å². The van der Waals surface area contributed by atoms with E-state index in [0.29, 0.717) is 44.7 Å². The van der Waals surface area contributed by atoms with Crippen LogP contribution in [-0.4, -0.2) is 51.4 Å². The lowest BCUT2D eigenvalue weighted by Crippen LogP contribution is -2.49. The van der Waals surface area contributed by atoms with Crippen molar-refractivity contribution in [3.63, 3.8) is 0 Å². The number of thiophene rings is 1. The van der Waals surface area contributed by atoms with E-state index in [2.05, 4.69) is 0 Å². The van der Waals surface area contributed by atoms with Crippen LogP contribution in [-0.2, 0) is 26.2 Å². The number of carbonyl (C=O) groups is 5. The summed E-state index contributed by atoms with van der Waals surface area (Å²) in [6, 6.07) is 27.6. The lowest BCUT2D eigenvalue weighted by atomic mass is 9.51. The molecular formula is C48H39ClN4O7S. The smallest absolute Gasteiger partial charge is 0.242 e. The number of phenolic OH excluding ortho intramolecular Hbond substituents is 1. The number of methoxy groups -OCH3 is 1. The number of ether oxygens (including phenoxy) is 1. The van der Waals surface area contributed by atoms with Crippen LogP contribution in [0.25, 0.3) is 20.7 Å². The number of phenols is 1. The van der Waals surface area contributed by atoms with Gasteiger partial charge in [0, 0.05) is 45.4 Å². The molecule has 6 aromatic rings. The van der Waals surface area contributed by atoms with Gasteiger partial charge in [0.25, 0.3) is 0 Å². The van der Waals surface area contributed by atoms with Gasteiger partial charge in [-0.2, -0.15) is 5.10 Å². The Bertz CT molecular complexity index is 2920. The zero-order chi connectivity index (χ0) is 42.6. The SMILES string of the molecule is COc1ccc(O)c([C@H]2C3=CC[C@@H]4C(=O)N(c5ccc(C(=O)c6ccccc6)cc5)C(=O)[C@@H]4[C@@H]3C[C@H]3C(=O)N(c4cc(-c5sc6ccc(Cl)cc6c5C)nn4C)C(=O)[C@@]23C)c1. The molecule has 10 rings (SSSR count). The first-order chi connectivity index (χ1) is 29.3. The predicted octanol–water partition coefficient (Wildman–Crippen LogP) is 8.64. The Balaban J connectivity index is 1.04. The second-order valence-electron chi connectivity index (χ2n) is 16.5. The first kappa shape index (κ1) is 38.8. The van der Waals surface area contributed by atoms with Crippen LogP contribution in [0.1, 0.15) is 52.7 Å². The molecule has 4 aliphatic rings. The first-order valence-electron chi connectivity index (χ1n) is 20.1. The van der Waals surface area contributed by atoms with E-state index < -0.39 is 52.7 Å². The van der Waals surface area contributed by atoms with Gasteiger partial charge in [-0.25, -0.2) is 4.90 Å². The number of halogens is 1. The molecule has 0 bridgehead atoms. The molecule has 4 amide bonds. The fourth-order valence-electron chi connectivity index (χ4n) is 10.5. The second kappa shape index (κ2) is 14.1. The molecule has 3 fully saturated rings. The van der Waals surface area contributed by atoms with Crippen LogP contribution in [0.5, 0.6) is 11.5 Å². The third kappa shape index (κ3) is 5.68. The topological polar surface area (TPSA) is 139 Å². The summed E-state index contributed by atoms with van der Waals surface area (Å²) < 4.78 is 8.16. The van der Waals surface area contributed by atoms with E-state index in [1.807, 2.05) is 37.3 Å². The van der Waals surface area contributed by atoms with Gasteiger partial charge in [0.05, 0.1) is 40.8 Å². The lowest BCUT2D eigenvalue weighted by Gasteiger charge is -2.49. The van der Waals surface area contributed by atoms with Crippen molar-refractivity contribution in [1.82, 2.24) is 9.78 Å². The van der Waals surface area contributed by atoms with E-state index in [0.717, 1.165) is 26.1 Å². The molecule has 4 heterocycles. The lowest BCUT2D eigenvalue weighted by molar-refractivity contribution is -0.131. The average Bonchev–Trinajstić information content (AvgIpc) is 3.94. The van der Waals surface area contributed by atoms with Crippen LogP contribution < -0.4 is 14.5 Å². The molecule has 61 heavy (non-hydrogen) atoms. The third-order valence-corrected chi connectivity index (χ3v) is 15.0. The van der Waals surface area contributed by atoms with Crippen molar-refractivity contribution in [2.24, 2.45) is 36.1 Å². The standard InChI is InChI=1S/C48H39ClN4O7S/c1-24-32-20-27(49)12-19-38(32)61-43(24)36-23-39(51(3)50-36)53-45(57)35-22-33-30(41(48(35,2)47(53)59)34-21-29(60-4)15-18-37(34)54)16-17-31-40(33)46(58)52(44(31)56)28-13-10-26(11-14-28)42(55)25-8-6-5-7-9-25/h5-16,18-21,23,31,33,35,40-41,54H,17,22H2,1-4H3/t31-,33+,35-,40-,41+,48+/m0/s1. The highest BCUT2D eigenvalue weighted by molar-refractivity contribution is 7.22. The van der Waals surface area contributed by atoms with Crippen LogP contribution in [0.15, 0.2) is 109 Å². The van der Waals surface area contributed by atoms with E-state index >= 15 is 9.59 Å². The fraction of sp³-hybridized carbons (Fsp3) is 0.250. The summed E-state index contributed by atoms with van der Waals surface area (Å²) in [5.41, 5.74) is 2.58. The normalized spacial score (nSPS) is 24.5. The Morgan fingerprint density at radius 2 is 1.62 bits per heavy atom. The van der Waals surface area contributed by atoms with Gasteiger partial charge in [-0.3, -0.25) is 33.6 Å². The molecule has 1 saturated carbocycles. The predicted molar refractivity (Wildman–Crippen MR) is 232 cm³/mol. The number of hydrogen-bond acceptors (Lipinski definition) is 9. The zero-order valence-electron chi connectivity index (χ0n) is 33.6. The molecule has 13 heteroatoms. The molecule has 2 aliphatic heterocycles. The Hall–Kier alpha value is -6.37. The summed E-state index contributed by atoms with van der Waals surface area (Å²) in [7, 11) is 3.21. The summed E-state index contributed by atoms with van der Waals surface area (Å²) in [5, 5.41) is 18.0. The third-order valence-electron chi connectivity index (χ3n) is 13.5. The minimum absolute atomic E-state index is 0.0862. The van der Waals surface area contributed by atoms with Crippen molar-refractivity contribution in [3.8, 4) is 22.1 Å². The first-order valence-corrected chi connectivity index (χ1v) is 21.3. The second-order valence-corrected chi connectivity index (χ2v) is 18.0. The van der Waals surface area contributed by atoms with Crippen molar-refractivity contribution >= 4 is 73.9 Å². The summed E-state index contributed by atoms with van der Waals surface area (Å²) in [6.45, 7) is 3.76. The number of imide groups is 2. The Morgan fingerprint density at radius 1 is 0.885 bits per heavy atom. The fourth-order valence-corrected chi connectivity index (χ4v) is 11.8. The van der Waals surface area contributed by atoms with Crippen molar-refractivity contribution in [1.29, 1.82) is 0 Å². The van der Waals surface area contributed by atoms with Crippen LogP contribution in [0.3, 0.4) is 0 Å². The Morgan fingerprint density at radius 3 is 2.36 bits per heavy atom. The average molecular weight is 851 g/mol. The van der Waals surface area contributed by atoms with E-state index in [1.165, 1.54) is 23.0 Å². The largest absolute Gasteiger partial charge is 0.508 e. The van der Waals surface area contributed by atoms with Gasteiger partial charge in [0.1, 0.15) is 23.0 Å². The van der Waals surface area contributed by atoms with Gasteiger partial charge < -0.3 is 9.84 Å². The van der Waals surface area contributed by atoms with Crippen LogP contribution in [0.4, 0.5) is 11.5 Å². The number of fused-ring (bicyclic) bond motifs is 5. The van der Waals surface area contributed by atoms with Crippen LogP contribution in [0, 0.1) is 36.0 Å². The van der Waals surface area contributed by atoms with E-state index in [9.17, 15) is 19.5 Å². The number of allylic oxidation sites excluding steroid dienone is 2. The molecule has 306 valence electrons. The highest BCUT2D eigenvalue weighted by Gasteiger charge is 2.68. The van der Waals surface area contributed by atoms with E-state index in [-0.39, 0.29) is 30.3 Å². The molecule has 0 radical (unpaired) electrons. The van der Waals surface area contributed by atoms with Crippen molar-refractivity contribution in [2.45, 2.75) is 32.6 Å². The number of rotatable bonds is 7. The molecule has 1 N–H and O–H groups in total. The summed E-state index contributed by atoms with van der Waals surface area (Å²) >= 11 is 7.88. The minimum atomic E-state index is -1.41. The van der Waals surface area contributed by atoms with E-state index in [1.54, 1.807) is 96.7 Å². The Kier molecular flexibility index (Phi) is 8.97. The van der Waals surface area contributed by atoms with Crippen molar-refractivity contribution in [2.75, 3.05) is 16.9 Å². The molecule has 2 aromatic heterocycles. The van der Waals surface area contributed by atoms with Gasteiger partial charge in [0.15, 0.2) is 5.78 Å². The number of benzene rings is 4. The molecule has 4 aromatic carbocycles. The van der Waals surface area contributed by atoms with Gasteiger partial charge in [-0.1, -0.05) is 53.6 Å². The number of anilines is 2. The molecule has 0 unspecified atom stereocenters. The van der Waals surface area contributed by atoms with Gasteiger partial charge in [-0.05, 0) is 104 Å². The maximum Gasteiger partial charge on any atom is 0.242 e. The highest BCUT2D eigenvalue weighted by atomic mass is 35.5. The number of nitrogens with zero attached hydrogens (tertiary/aromatic N) is 4. The zero-order valence-corrected chi connectivity index (χ0v) is 35.2. The summed E-state index contributed by atoms with van der Waals surface area (Å²) in [4.78, 5) is 75.7. The summed E-state index contributed by atoms with van der Waals surface area (Å²) in [6.07, 6.45) is 2.29. The summed E-state index contributed by atoms with van der Waals surface area (Å²) in [5.74, 6) is -5.12. The number of aromatic nitrogens is 2. The molecule has 2 saturated heterocycles. The number of ketones is 1. The van der Waals surface area contributed by atoms with Crippen LogP contribution >= 0.6 is 22.9 Å². The highest BCUT2D eigenvalue weighted by Crippen LogP contribution is 2.65. The molecule has 6 atom stereocenters. The maximum atomic E-state index is 15.2. The monoisotopic (exact) mass is 850 g/mol. The minimum Gasteiger partial charge on any atom is -0.508 e. The number of amides is 4. The quantitative estimate of drug-likeness (QED) is 0.0957. The van der Waals surface area contributed by atoms with Crippen molar-refractivity contribution in [3.05, 3.63) is 136 Å². The number of hydrogen-bond donors (Lipinski definition) is 1. The number of aryl methyl sites for hydroxylation is 2. The molecule has 0 spiro atoms.